The third-order valence-electron chi connectivity index (χ3n) is 4.83. The summed E-state index contributed by atoms with van der Waals surface area (Å²) in [5.74, 6) is 0.473. The first kappa shape index (κ1) is 16.9. The molecule has 3 heterocycles. The van der Waals surface area contributed by atoms with Gasteiger partial charge in [-0.2, -0.15) is 9.97 Å². The number of hydrogen-bond acceptors (Lipinski definition) is 8. The first-order chi connectivity index (χ1) is 14.1. The van der Waals surface area contributed by atoms with Crippen LogP contribution in [0.2, 0.25) is 0 Å². The largest absolute Gasteiger partial charge is 0.507 e. The molecule has 0 aliphatic carbocycles. The Labute approximate surface area is 166 Å². The summed E-state index contributed by atoms with van der Waals surface area (Å²) in [4.78, 5) is 19.1. The van der Waals surface area contributed by atoms with E-state index in [1.54, 1.807) is 12.3 Å². The first-order valence-corrected chi connectivity index (χ1v) is 9.01. The number of nitrogens with zero attached hydrogens (tertiary/aromatic N) is 5. The molecule has 0 saturated heterocycles. The highest BCUT2D eigenvalue weighted by Crippen LogP contribution is 2.40. The Bertz CT molecular complexity index is 1290. The molecule has 142 valence electrons. The number of benzene rings is 2. The number of fused-ring (bicyclic) bond motifs is 3. The van der Waals surface area contributed by atoms with Gasteiger partial charge in [0.05, 0.1) is 24.1 Å². The van der Waals surface area contributed by atoms with Crippen LogP contribution in [0.1, 0.15) is 16.8 Å². The molecule has 4 aromatic rings. The number of nitrogens with two attached hydrogens (primary N) is 2. The molecule has 1 aliphatic heterocycles. The molecule has 0 amide bonds. The van der Waals surface area contributed by atoms with Crippen LogP contribution < -0.4 is 16.4 Å². The normalized spacial score (nSPS) is 12.5. The zero-order valence-corrected chi connectivity index (χ0v) is 15.3. The van der Waals surface area contributed by atoms with Gasteiger partial charge in [-0.15, -0.1) is 0 Å². The lowest BCUT2D eigenvalue weighted by Crippen LogP contribution is -2.19. The van der Waals surface area contributed by atoms with Crippen molar-refractivity contribution in [3.63, 3.8) is 0 Å². The SMILES string of the molecule is Nc1nc(N)c2nc(CN3c4ccccc4C=Cc4c(O)cccc43)cnc2n1. The van der Waals surface area contributed by atoms with Crippen LogP contribution in [0.25, 0.3) is 23.3 Å². The number of aromatic hydroxyl groups is 1. The monoisotopic (exact) mass is 383 g/mol. The summed E-state index contributed by atoms with van der Waals surface area (Å²) in [6, 6.07) is 13.5. The Morgan fingerprint density at radius 2 is 1.72 bits per heavy atom. The van der Waals surface area contributed by atoms with Gasteiger partial charge in [-0.05, 0) is 29.8 Å². The maximum atomic E-state index is 10.4. The second-order valence-corrected chi connectivity index (χ2v) is 6.69. The second kappa shape index (κ2) is 6.45. The van der Waals surface area contributed by atoms with E-state index < -0.39 is 0 Å². The Morgan fingerprint density at radius 1 is 0.897 bits per heavy atom. The molecule has 0 saturated carbocycles. The van der Waals surface area contributed by atoms with E-state index in [2.05, 4.69) is 24.8 Å². The van der Waals surface area contributed by atoms with Gasteiger partial charge in [0, 0.05) is 11.3 Å². The number of anilines is 4. The molecule has 0 fully saturated rings. The number of phenolic OH excluding ortho intramolecular Hbond substituents is 1. The quantitative estimate of drug-likeness (QED) is 0.482. The third-order valence-corrected chi connectivity index (χ3v) is 4.83. The van der Waals surface area contributed by atoms with E-state index in [0.717, 1.165) is 22.5 Å². The Morgan fingerprint density at radius 3 is 2.62 bits per heavy atom. The lowest BCUT2D eigenvalue weighted by Gasteiger charge is -2.26. The molecule has 0 atom stereocenters. The van der Waals surface area contributed by atoms with Crippen LogP contribution in [-0.4, -0.2) is 25.0 Å². The summed E-state index contributed by atoms with van der Waals surface area (Å²) in [6.07, 6.45) is 5.57. The molecule has 5 rings (SSSR count). The molecular formula is C21H17N7O. The fraction of sp³-hybridized carbons (Fsp3) is 0.0476. The zero-order chi connectivity index (χ0) is 20.0. The van der Waals surface area contributed by atoms with Crippen molar-refractivity contribution < 1.29 is 5.11 Å². The maximum absolute atomic E-state index is 10.4. The number of nitrogen functional groups attached to an aromatic ring is 2. The minimum absolute atomic E-state index is 0.0639. The number of aromatic nitrogens is 4. The van der Waals surface area contributed by atoms with Crippen molar-refractivity contribution in [2.45, 2.75) is 6.54 Å². The number of rotatable bonds is 2. The van der Waals surface area contributed by atoms with Crippen LogP contribution in [0.4, 0.5) is 23.1 Å². The second-order valence-electron chi connectivity index (χ2n) is 6.69. The standard InChI is InChI=1S/C21H17N7O/c22-19-18-20(27-21(23)26-19)24-10-13(25-18)11-28-15-5-2-1-4-12(15)8-9-14-16(28)6-3-7-17(14)29/h1-10,29H,11H2,(H4,22,23,24,26,27). The van der Waals surface area contributed by atoms with E-state index in [1.165, 1.54) is 0 Å². The topological polar surface area (TPSA) is 127 Å². The van der Waals surface area contributed by atoms with Crippen LogP contribution in [0, 0.1) is 0 Å². The average Bonchev–Trinajstić information content (AvgIpc) is 2.87. The first-order valence-electron chi connectivity index (χ1n) is 9.01. The predicted molar refractivity (Wildman–Crippen MR) is 113 cm³/mol. The van der Waals surface area contributed by atoms with E-state index >= 15 is 0 Å². The summed E-state index contributed by atoms with van der Waals surface area (Å²) in [6.45, 7) is 0.419. The summed E-state index contributed by atoms with van der Waals surface area (Å²) in [5, 5.41) is 10.4. The van der Waals surface area contributed by atoms with Crippen molar-refractivity contribution >= 4 is 46.5 Å². The van der Waals surface area contributed by atoms with E-state index in [1.807, 2.05) is 48.6 Å². The van der Waals surface area contributed by atoms with E-state index in [4.69, 9.17) is 11.5 Å². The molecule has 29 heavy (non-hydrogen) atoms. The van der Waals surface area contributed by atoms with Gasteiger partial charge >= 0.3 is 0 Å². The van der Waals surface area contributed by atoms with Gasteiger partial charge in [0.25, 0.3) is 0 Å². The van der Waals surface area contributed by atoms with Crippen molar-refractivity contribution in [2.75, 3.05) is 16.4 Å². The molecular weight excluding hydrogens is 366 g/mol. The highest BCUT2D eigenvalue weighted by atomic mass is 16.3. The van der Waals surface area contributed by atoms with Crippen LogP contribution in [-0.2, 0) is 6.54 Å². The van der Waals surface area contributed by atoms with Crippen molar-refractivity contribution in [1.29, 1.82) is 0 Å². The lowest BCUT2D eigenvalue weighted by molar-refractivity contribution is 0.474. The van der Waals surface area contributed by atoms with E-state index in [-0.39, 0.29) is 17.5 Å². The van der Waals surface area contributed by atoms with Gasteiger partial charge in [0.15, 0.2) is 17.0 Å². The molecule has 8 heteroatoms. The molecule has 5 N–H and O–H groups in total. The van der Waals surface area contributed by atoms with Gasteiger partial charge in [-0.1, -0.05) is 30.3 Å². The molecule has 1 aliphatic rings. The molecule has 2 aromatic heterocycles. The van der Waals surface area contributed by atoms with Crippen LogP contribution in [0.15, 0.2) is 48.7 Å². The summed E-state index contributed by atoms with van der Waals surface area (Å²) in [5.41, 5.74) is 16.7. The molecule has 0 unspecified atom stereocenters. The highest BCUT2D eigenvalue weighted by molar-refractivity contribution is 5.90. The van der Waals surface area contributed by atoms with E-state index in [9.17, 15) is 5.11 Å². The fourth-order valence-electron chi connectivity index (χ4n) is 3.52. The minimum Gasteiger partial charge on any atom is -0.507 e. The Hall–Kier alpha value is -4.20. The van der Waals surface area contributed by atoms with Crippen molar-refractivity contribution in [2.24, 2.45) is 0 Å². The molecule has 0 radical (unpaired) electrons. The van der Waals surface area contributed by atoms with Crippen LogP contribution in [0.5, 0.6) is 5.75 Å². The van der Waals surface area contributed by atoms with Gasteiger partial charge in [-0.25, -0.2) is 9.97 Å². The van der Waals surface area contributed by atoms with Gasteiger partial charge in [0.2, 0.25) is 5.95 Å². The lowest BCUT2D eigenvalue weighted by atomic mass is 10.1. The number of para-hydroxylation sites is 1. The fourth-order valence-corrected chi connectivity index (χ4v) is 3.52. The van der Waals surface area contributed by atoms with Crippen molar-refractivity contribution in [1.82, 2.24) is 19.9 Å². The van der Waals surface area contributed by atoms with Crippen LogP contribution >= 0.6 is 0 Å². The Kier molecular flexibility index (Phi) is 3.77. The smallest absolute Gasteiger partial charge is 0.224 e. The number of hydrogen-bond donors (Lipinski definition) is 3. The van der Waals surface area contributed by atoms with E-state index in [0.29, 0.717) is 23.4 Å². The Balaban J connectivity index is 1.65. The van der Waals surface area contributed by atoms with Gasteiger partial charge in [-0.3, -0.25) is 0 Å². The maximum Gasteiger partial charge on any atom is 0.224 e. The summed E-state index contributed by atoms with van der Waals surface area (Å²) < 4.78 is 0. The van der Waals surface area contributed by atoms with Gasteiger partial charge < -0.3 is 21.5 Å². The number of phenols is 1. The van der Waals surface area contributed by atoms with Crippen molar-refractivity contribution in [3.05, 3.63) is 65.5 Å². The summed E-state index contributed by atoms with van der Waals surface area (Å²) >= 11 is 0. The van der Waals surface area contributed by atoms with Crippen LogP contribution in [0.3, 0.4) is 0 Å². The summed E-state index contributed by atoms with van der Waals surface area (Å²) in [7, 11) is 0. The van der Waals surface area contributed by atoms with Crippen molar-refractivity contribution in [3.8, 4) is 5.75 Å². The minimum atomic E-state index is 0.0639. The zero-order valence-electron chi connectivity index (χ0n) is 15.3. The predicted octanol–water partition coefficient (Wildman–Crippen LogP) is 3.11. The highest BCUT2D eigenvalue weighted by Gasteiger charge is 2.21. The molecule has 2 aromatic carbocycles. The molecule has 8 nitrogen and oxygen atoms in total. The molecule has 0 spiro atoms. The third kappa shape index (κ3) is 2.87. The van der Waals surface area contributed by atoms with Gasteiger partial charge in [0.1, 0.15) is 5.75 Å². The molecule has 0 bridgehead atoms. The average molecular weight is 383 g/mol.